The molecule has 0 bridgehead atoms. The lowest BCUT2D eigenvalue weighted by molar-refractivity contribution is -0.121. The van der Waals surface area contributed by atoms with Gasteiger partial charge in [0, 0.05) is 30.2 Å². The van der Waals surface area contributed by atoms with Crippen LogP contribution in [-0.2, 0) is 17.9 Å². The summed E-state index contributed by atoms with van der Waals surface area (Å²) in [6.45, 7) is 0.153. The van der Waals surface area contributed by atoms with Crippen LogP contribution in [-0.4, -0.2) is 15.7 Å². The molecule has 7 heteroatoms. The van der Waals surface area contributed by atoms with Crippen molar-refractivity contribution < 1.29 is 13.6 Å². The molecule has 0 radical (unpaired) electrons. The van der Waals surface area contributed by atoms with Crippen LogP contribution in [0.3, 0.4) is 0 Å². The number of hydrogen-bond donors (Lipinski definition) is 1. The Kier molecular flexibility index (Phi) is 5.71. The Balaban J connectivity index is 1.62. The zero-order valence-electron chi connectivity index (χ0n) is 14.4. The van der Waals surface area contributed by atoms with Crippen molar-refractivity contribution in [3.63, 3.8) is 0 Å². The third-order valence-corrected chi connectivity index (χ3v) is 3.99. The highest BCUT2D eigenvalue weighted by molar-refractivity contribution is 5.75. The zero-order chi connectivity index (χ0) is 19.2. The van der Waals surface area contributed by atoms with Crippen LogP contribution in [0.25, 0.3) is 11.3 Å². The van der Waals surface area contributed by atoms with Crippen molar-refractivity contribution in [2.24, 2.45) is 0 Å². The highest BCUT2D eigenvalue weighted by atomic mass is 19.1. The van der Waals surface area contributed by atoms with E-state index in [0.29, 0.717) is 16.8 Å². The van der Waals surface area contributed by atoms with E-state index in [-0.39, 0.29) is 42.6 Å². The molecule has 3 aromatic rings. The van der Waals surface area contributed by atoms with Crippen molar-refractivity contribution in [2.45, 2.75) is 19.5 Å². The van der Waals surface area contributed by atoms with Gasteiger partial charge in [0.25, 0.3) is 5.56 Å². The highest BCUT2D eigenvalue weighted by Crippen LogP contribution is 2.15. The van der Waals surface area contributed by atoms with Crippen LogP contribution in [0.1, 0.15) is 12.0 Å². The molecule has 1 N–H and O–H groups in total. The molecule has 0 aliphatic carbocycles. The molecular formula is C20H17F2N3O2. The second kappa shape index (κ2) is 8.35. The van der Waals surface area contributed by atoms with E-state index in [1.54, 1.807) is 36.4 Å². The molecule has 0 spiro atoms. The summed E-state index contributed by atoms with van der Waals surface area (Å²) in [7, 11) is 0. The van der Waals surface area contributed by atoms with Gasteiger partial charge in [0.05, 0.1) is 12.2 Å². The third-order valence-electron chi connectivity index (χ3n) is 3.99. The summed E-state index contributed by atoms with van der Waals surface area (Å²) in [5.74, 6) is -1.07. The lowest BCUT2D eigenvalue weighted by Crippen LogP contribution is -2.28. The van der Waals surface area contributed by atoms with Crippen LogP contribution in [0.15, 0.2) is 65.5 Å². The number of hydrogen-bond acceptors (Lipinski definition) is 3. The van der Waals surface area contributed by atoms with Gasteiger partial charge in [-0.3, -0.25) is 9.59 Å². The number of benzene rings is 2. The van der Waals surface area contributed by atoms with E-state index in [0.717, 1.165) is 0 Å². The summed E-state index contributed by atoms with van der Waals surface area (Å²) in [5.41, 5.74) is 1.21. The average molecular weight is 369 g/mol. The Morgan fingerprint density at radius 1 is 1.00 bits per heavy atom. The SMILES string of the molecule is O=C(CCn1nc(-c2ccc(F)cc2)ccc1=O)NCc1ccccc1F. The van der Waals surface area contributed by atoms with Gasteiger partial charge in [0.15, 0.2) is 0 Å². The average Bonchev–Trinajstić information content (AvgIpc) is 2.67. The first kappa shape index (κ1) is 18.4. The van der Waals surface area contributed by atoms with E-state index in [9.17, 15) is 18.4 Å². The monoisotopic (exact) mass is 369 g/mol. The van der Waals surface area contributed by atoms with Crippen molar-refractivity contribution in [3.8, 4) is 11.3 Å². The largest absolute Gasteiger partial charge is 0.352 e. The van der Waals surface area contributed by atoms with Gasteiger partial charge in [-0.15, -0.1) is 0 Å². The summed E-state index contributed by atoms with van der Waals surface area (Å²) >= 11 is 0. The number of aryl methyl sites for hydroxylation is 1. The van der Waals surface area contributed by atoms with E-state index in [1.807, 2.05) is 0 Å². The van der Waals surface area contributed by atoms with Gasteiger partial charge in [-0.25, -0.2) is 13.5 Å². The van der Waals surface area contributed by atoms with Crippen LogP contribution in [0.4, 0.5) is 8.78 Å². The van der Waals surface area contributed by atoms with Gasteiger partial charge in [-0.05, 0) is 36.4 Å². The molecule has 2 aromatic carbocycles. The Labute approximate surface area is 154 Å². The fourth-order valence-corrected chi connectivity index (χ4v) is 2.52. The molecule has 5 nitrogen and oxygen atoms in total. The number of nitrogens with one attached hydrogen (secondary N) is 1. The van der Waals surface area contributed by atoms with Gasteiger partial charge < -0.3 is 5.32 Å². The minimum Gasteiger partial charge on any atom is -0.352 e. The van der Waals surface area contributed by atoms with E-state index in [4.69, 9.17) is 0 Å². The molecule has 0 fully saturated rings. The first-order chi connectivity index (χ1) is 13.0. The number of nitrogens with zero attached hydrogens (tertiary/aromatic N) is 2. The predicted molar refractivity (Wildman–Crippen MR) is 96.8 cm³/mol. The molecule has 1 heterocycles. The second-order valence-corrected chi connectivity index (χ2v) is 5.90. The smallest absolute Gasteiger partial charge is 0.266 e. The number of carbonyl (C=O) groups is 1. The lowest BCUT2D eigenvalue weighted by atomic mass is 10.1. The maximum atomic E-state index is 13.5. The topological polar surface area (TPSA) is 64.0 Å². The summed E-state index contributed by atoms with van der Waals surface area (Å²) in [4.78, 5) is 23.9. The molecule has 0 saturated heterocycles. The standard InChI is InChI=1S/C20H17F2N3O2/c21-16-7-5-14(6-8-16)18-9-10-20(27)25(24-18)12-11-19(26)23-13-15-3-1-2-4-17(15)22/h1-10H,11-13H2,(H,23,26). The minimum absolute atomic E-state index is 0.0221. The van der Waals surface area contributed by atoms with Gasteiger partial charge in [-0.2, -0.15) is 5.10 Å². The van der Waals surface area contributed by atoms with Crippen LogP contribution in [0.5, 0.6) is 0 Å². The molecule has 0 unspecified atom stereocenters. The summed E-state index contributed by atoms with van der Waals surface area (Å²) in [5, 5.41) is 6.84. The molecule has 1 aromatic heterocycles. The van der Waals surface area contributed by atoms with E-state index in [1.165, 1.54) is 28.9 Å². The lowest BCUT2D eigenvalue weighted by Gasteiger charge is -2.08. The second-order valence-electron chi connectivity index (χ2n) is 5.90. The number of halogens is 2. The maximum absolute atomic E-state index is 13.5. The molecule has 3 rings (SSSR count). The van der Waals surface area contributed by atoms with Crippen LogP contribution >= 0.6 is 0 Å². The quantitative estimate of drug-likeness (QED) is 0.727. The van der Waals surface area contributed by atoms with Gasteiger partial charge >= 0.3 is 0 Å². The first-order valence-corrected chi connectivity index (χ1v) is 8.37. The molecule has 27 heavy (non-hydrogen) atoms. The fourth-order valence-electron chi connectivity index (χ4n) is 2.52. The van der Waals surface area contributed by atoms with Crippen LogP contribution in [0.2, 0.25) is 0 Å². The maximum Gasteiger partial charge on any atom is 0.266 e. The van der Waals surface area contributed by atoms with Crippen molar-refractivity contribution in [1.29, 1.82) is 0 Å². The summed E-state index contributed by atoms with van der Waals surface area (Å²) in [6.07, 6.45) is 0.0221. The Hall–Kier alpha value is -3.35. The van der Waals surface area contributed by atoms with Crippen molar-refractivity contribution in [2.75, 3.05) is 0 Å². The zero-order valence-corrected chi connectivity index (χ0v) is 14.4. The number of aromatic nitrogens is 2. The molecular weight excluding hydrogens is 352 g/mol. The molecule has 1 amide bonds. The summed E-state index contributed by atoms with van der Waals surface area (Å²) in [6, 6.07) is 14.8. The van der Waals surface area contributed by atoms with Crippen LogP contribution < -0.4 is 10.9 Å². The van der Waals surface area contributed by atoms with E-state index >= 15 is 0 Å². The minimum atomic E-state index is -0.386. The molecule has 138 valence electrons. The highest BCUT2D eigenvalue weighted by Gasteiger charge is 2.08. The Morgan fingerprint density at radius 3 is 2.48 bits per heavy atom. The normalized spacial score (nSPS) is 10.6. The summed E-state index contributed by atoms with van der Waals surface area (Å²) < 4.78 is 27.8. The molecule has 0 aliphatic rings. The van der Waals surface area contributed by atoms with Crippen molar-refractivity contribution >= 4 is 5.91 Å². The first-order valence-electron chi connectivity index (χ1n) is 8.37. The van der Waals surface area contributed by atoms with E-state index < -0.39 is 0 Å². The number of rotatable bonds is 6. The Morgan fingerprint density at radius 2 is 1.74 bits per heavy atom. The third kappa shape index (κ3) is 4.84. The van der Waals surface area contributed by atoms with Crippen molar-refractivity contribution in [1.82, 2.24) is 15.1 Å². The Bertz CT molecular complexity index is 1000. The number of carbonyl (C=O) groups excluding carboxylic acids is 1. The fraction of sp³-hybridized carbons (Fsp3) is 0.150. The molecule has 0 aliphatic heterocycles. The van der Waals surface area contributed by atoms with Crippen LogP contribution in [0, 0.1) is 11.6 Å². The molecule has 0 saturated carbocycles. The van der Waals surface area contributed by atoms with Crippen molar-refractivity contribution in [3.05, 3.63) is 88.2 Å². The van der Waals surface area contributed by atoms with Gasteiger partial charge in [0.1, 0.15) is 11.6 Å². The van der Waals surface area contributed by atoms with Gasteiger partial charge in [0.2, 0.25) is 5.91 Å². The van der Waals surface area contributed by atoms with Gasteiger partial charge in [-0.1, -0.05) is 18.2 Å². The predicted octanol–water partition coefficient (Wildman–Crippen LogP) is 2.90. The molecule has 0 atom stereocenters. The number of amides is 1. The van der Waals surface area contributed by atoms with E-state index in [2.05, 4.69) is 10.4 Å².